The van der Waals surface area contributed by atoms with Crippen LogP contribution in [0.5, 0.6) is 5.75 Å². The molecule has 1 saturated heterocycles. The van der Waals surface area contributed by atoms with E-state index in [0.29, 0.717) is 25.7 Å². The molecule has 10 heteroatoms. The van der Waals surface area contributed by atoms with Crippen molar-refractivity contribution in [2.24, 2.45) is 13.0 Å². The molecule has 1 aliphatic rings. The van der Waals surface area contributed by atoms with Gasteiger partial charge in [0.25, 0.3) is 6.67 Å². The summed E-state index contributed by atoms with van der Waals surface area (Å²) >= 11 is 0. The van der Waals surface area contributed by atoms with Crippen molar-refractivity contribution in [3.8, 4) is 28.3 Å². The van der Waals surface area contributed by atoms with Gasteiger partial charge in [-0.05, 0) is 36.0 Å². The van der Waals surface area contributed by atoms with Crippen molar-refractivity contribution in [2.45, 2.75) is 19.4 Å². The second-order valence-corrected chi connectivity index (χ2v) is 10.1. The van der Waals surface area contributed by atoms with Gasteiger partial charge in [0.1, 0.15) is 23.5 Å². The van der Waals surface area contributed by atoms with Gasteiger partial charge in [0.05, 0.1) is 30.4 Å². The predicted octanol–water partition coefficient (Wildman–Crippen LogP) is 4.77. The average Bonchev–Trinajstić information content (AvgIpc) is 3.62. The first-order valence-electron chi connectivity index (χ1n) is 13.4. The zero-order valence-corrected chi connectivity index (χ0v) is 22.4. The van der Waals surface area contributed by atoms with E-state index >= 15 is 0 Å². The van der Waals surface area contributed by atoms with Gasteiger partial charge in [-0.3, -0.25) is 13.9 Å². The van der Waals surface area contributed by atoms with Crippen LogP contribution < -0.4 is 10.1 Å². The van der Waals surface area contributed by atoms with E-state index in [1.807, 2.05) is 54.4 Å². The summed E-state index contributed by atoms with van der Waals surface area (Å²) in [6.07, 6.45) is 11.4. The van der Waals surface area contributed by atoms with E-state index < -0.39 is 0 Å². The van der Waals surface area contributed by atoms with Crippen LogP contribution in [-0.2, 0) is 13.6 Å². The molecule has 4 aromatic heterocycles. The van der Waals surface area contributed by atoms with Gasteiger partial charge >= 0.3 is 0 Å². The van der Waals surface area contributed by atoms with Crippen LogP contribution in [0.2, 0.25) is 0 Å². The SMILES string of the molecule is [C-]#[N+]CN1CCC(COc2ccn3c(-c4cc(NCc5ccc(-c6cnn(C)c6)cc5)ncn4)cnc3c2)CC1. The zero-order valence-electron chi connectivity index (χ0n) is 22.4. The topological polar surface area (TPSA) is 89.8 Å². The summed E-state index contributed by atoms with van der Waals surface area (Å²) in [6, 6.07) is 14.3. The van der Waals surface area contributed by atoms with Gasteiger partial charge in [0.15, 0.2) is 0 Å². The molecule has 40 heavy (non-hydrogen) atoms. The summed E-state index contributed by atoms with van der Waals surface area (Å²) in [5.41, 5.74) is 5.88. The smallest absolute Gasteiger partial charge is 0.270 e. The Balaban J connectivity index is 1.08. The number of anilines is 1. The summed E-state index contributed by atoms with van der Waals surface area (Å²) in [5.74, 6) is 2.08. The Bertz CT molecular complexity index is 1630. The van der Waals surface area contributed by atoms with Crippen LogP contribution >= 0.6 is 0 Å². The minimum atomic E-state index is 0.498. The van der Waals surface area contributed by atoms with Gasteiger partial charge < -0.3 is 10.1 Å². The van der Waals surface area contributed by atoms with E-state index in [1.54, 1.807) is 11.0 Å². The Kier molecular flexibility index (Phi) is 7.37. The number of piperidine rings is 1. The second kappa shape index (κ2) is 11.6. The van der Waals surface area contributed by atoms with Gasteiger partial charge in [-0.1, -0.05) is 24.3 Å². The Morgan fingerprint density at radius 1 is 1.02 bits per heavy atom. The normalized spacial score (nSPS) is 14.3. The predicted molar refractivity (Wildman–Crippen MR) is 153 cm³/mol. The monoisotopic (exact) mass is 533 g/mol. The zero-order chi connectivity index (χ0) is 27.3. The van der Waals surface area contributed by atoms with E-state index in [0.717, 1.165) is 71.2 Å². The van der Waals surface area contributed by atoms with Gasteiger partial charge in [0.2, 0.25) is 0 Å². The molecule has 0 atom stereocenters. The van der Waals surface area contributed by atoms with Crippen LogP contribution in [0.15, 0.2) is 73.6 Å². The summed E-state index contributed by atoms with van der Waals surface area (Å²) in [5, 5.41) is 7.65. The van der Waals surface area contributed by atoms with Crippen molar-refractivity contribution in [3.05, 3.63) is 90.6 Å². The molecule has 10 nitrogen and oxygen atoms in total. The highest BCUT2D eigenvalue weighted by Gasteiger charge is 2.21. The largest absolute Gasteiger partial charge is 0.493 e. The molecule has 0 radical (unpaired) electrons. The average molecular weight is 534 g/mol. The number of hydrogen-bond donors (Lipinski definition) is 1. The quantitative estimate of drug-likeness (QED) is 0.273. The number of ether oxygens (including phenoxy) is 1. The van der Waals surface area contributed by atoms with Crippen molar-refractivity contribution in [3.63, 3.8) is 0 Å². The molecule has 0 unspecified atom stereocenters. The molecule has 0 aliphatic carbocycles. The Labute approximate surface area is 233 Å². The number of fused-ring (bicyclic) bond motifs is 1. The van der Waals surface area contributed by atoms with Crippen molar-refractivity contribution in [2.75, 3.05) is 31.7 Å². The number of imidazole rings is 1. The number of hydrogen-bond acceptors (Lipinski definition) is 7. The molecule has 1 fully saturated rings. The third kappa shape index (κ3) is 5.80. The lowest BCUT2D eigenvalue weighted by Crippen LogP contribution is -2.35. The van der Waals surface area contributed by atoms with Crippen molar-refractivity contribution in [1.29, 1.82) is 0 Å². The molecular formula is C30H31N9O. The third-order valence-electron chi connectivity index (χ3n) is 7.34. The maximum atomic E-state index is 7.04. The van der Waals surface area contributed by atoms with E-state index in [4.69, 9.17) is 11.3 Å². The second-order valence-electron chi connectivity index (χ2n) is 10.1. The van der Waals surface area contributed by atoms with Gasteiger partial charge in [-0.25, -0.2) is 26.4 Å². The molecule has 5 aromatic rings. The van der Waals surface area contributed by atoms with Crippen LogP contribution in [0.3, 0.4) is 0 Å². The molecular weight excluding hydrogens is 502 g/mol. The van der Waals surface area contributed by atoms with E-state index in [-0.39, 0.29) is 0 Å². The number of aromatic nitrogens is 6. The van der Waals surface area contributed by atoms with Crippen molar-refractivity contribution < 1.29 is 4.74 Å². The number of likely N-dealkylation sites (tertiary alicyclic amines) is 1. The van der Waals surface area contributed by atoms with Crippen molar-refractivity contribution in [1.82, 2.24) is 34.0 Å². The number of aryl methyl sites for hydroxylation is 1. The lowest BCUT2D eigenvalue weighted by molar-refractivity contribution is 0.150. The highest BCUT2D eigenvalue weighted by molar-refractivity contribution is 5.64. The number of benzene rings is 1. The van der Waals surface area contributed by atoms with Crippen LogP contribution in [0.4, 0.5) is 5.82 Å². The number of pyridine rings is 1. The molecule has 0 amide bonds. The van der Waals surface area contributed by atoms with Gasteiger partial charge in [-0.15, -0.1) is 0 Å². The fourth-order valence-electron chi connectivity index (χ4n) is 5.02. The first-order chi connectivity index (χ1) is 19.6. The molecule has 0 spiro atoms. The number of rotatable bonds is 9. The van der Waals surface area contributed by atoms with Gasteiger partial charge in [-0.2, -0.15) is 5.10 Å². The molecule has 6 rings (SSSR count). The minimum Gasteiger partial charge on any atom is -0.493 e. The Hall–Kier alpha value is -4.75. The molecule has 0 bridgehead atoms. The molecule has 1 aliphatic heterocycles. The maximum absolute atomic E-state index is 7.04. The summed E-state index contributed by atoms with van der Waals surface area (Å²) in [4.78, 5) is 19.2. The summed E-state index contributed by atoms with van der Waals surface area (Å²) in [6.45, 7) is 10.8. The highest BCUT2D eigenvalue weighted by Crippen LogP contribution is 2.25. The van der Waals surface area contributed by atoms with Crippen LogP contribution in [0.25, 0.3) is 33.0 Å². The molecule has 1 N–H and O–H groups in total. The van der Waals surface area contributed by atoms with Crippen molar-refractivity contribution >= 4 is 11.5 Å². The summed E-state index contributed by atoms with van der Waals surface area (Å²) < 4.78 is 9.94. The number of nitrogens with one attached hydrogen (secondary N) is 1. The molecule has 5 heterocycles. The Morgan fingerprint density at radius 3 is 2.65 bits per heavy atom. The first-order valence-corrected chi connectivity index (χ1v) is 13.4. The first kappa shape index (κ1) is 25.5. The summed E-state index contributed by atoms with van der Waals surface area (Å²) in [7, 11) is 1.92. The molecule has 0 saturated carbocycles. The van der Waals surface area contributed by atoms with Crippen LogP contribution in [-0.4, -0.2) is 60.4 Å². The fraction of sp³-hybridized carbons (Fsp3) is 0.300. The maximum Gasteiger partial charge on any atom is 0.270 e. The fourth-order valence-corrected chi connectivity index (χ4v) is 5.02. The Morgan fingerprint density at radius 2 is 1.88 bits per heavy atom. The van der Waals surface area contributed by atoms with Gasteiger partial charge in [0, 0.05) is 56.8 Å². The van der Waals surface area contributed by atoms with E-state index in [2.05, 4.69) is 59.4 Å². The van der Waals surface area contributed by atoms with Crippen LogP contribution in [0, 0.1) is 12.5 Å². The minimum absolute atomic E-state index is 0.498. The van der Waals surface area contributed by atoms with Crippen LogP contribution in [0.1, 0.15) is 18.4 Å². The highest BCUT2D eigenvalue weighted by atomic mass is 16.5. The molecule has 202 valence electrons. The molecule has 1 aromatic carbocycles. The lowest BCUT2D eigenvalue weighted by Gasteiger charge is -2.28. The lowest BCUT2D eigenvalue weighted by atomic mass is 9.98. The van der Waals surface area contributed by atoms with E-state index in [1.165, 1.54) is 0 Å². The van der Waals surface area contributed by atoms with E-state index in [9.17, 15) is 0 Å². The standard InChI is InChI=1S/C30H31N9O/c1-31-21-38-10-7-23(8-11-38)19-40-26-9-12-39-28(17-33-30(39)13-26)27-14-29(35-20-34-27)32-15-22-3-5-24(6-4-22)25-16-36-37(2)18-25/h3-6,9,12-14,16-18,20,23H,7-8,10-11,15,19,21H2,2H3,(H,32,34,35). The number of nitrogens with zero attached hydrogens (tertiary/aromatic N) is 8. The third-order valence-corrected chi connectivity index (χ3v) is 7.34.